The maximum absolute atomic E-state index is 12.7. The summed E-state index contributed by atoms with van der Waals surface area (Å²) in [5.74, 6) is -0.801. The Balaban J connectivity index is 3.78. The molecular weight excluding hydrogens is 966 g/mol. The molecule has 0 saturated heterocycles. The fraction of sp³-hybridized carbons (Fsp3) is 0.939. The molecule has 2 atom stereocenters. The highest BCUT2D eigenvalue weighted by Crippen LogP contribution is 2.43. The van der Waals surface area contributed by atoms with E-state index in [2.05, 4.69) is 26.0 Å². The van der Waals surface area contributed by atoms with Gasteiger partial charge < -0.3 is 20.1 Å². The van der Waals surface area contributed by atoms with Gasteiger partial charge in [-0.15, -0.1) is 0 Å². The van der Waals surface area contributed by atoms with Gasteiger partial charge in [0.1, 0.15) is 6.61 Å². The number of carbonyl (C=O) groups is 2. The monoisotopic (exact) mass is 1100 g/mol. The molecule has 3 N–H and O–H groups in total. The van der Waals surface area contributed by atoms with E-state index < -0.39 is 26.5 Å². The molecule has 0 radical (unpaired) electrons. The maximum Gasteiger partial charge on any atom is 0.472 e. The van der Waals surface area contributed by atoms with Crippen LogP contribution in [-0.4, -0.2) is 49.3 Å². The average molecular weight is 1100 g/mol. The zero-order valence-electron chi connectivity index (χ0n) is 50.8. The van der Waals surface area contributed by atoms with Gasteiger partial charge in [0.2, 0.25) is 0 Å². The van der Waals surface area contributed by atoms with E-state index in [1.54, 1.807) is 0 Å². The van der Waals surface area contributed by atoms with E-state index in [1.165, 1.54) is 302 Å². The van der Waals surface area contributed by atoms with Crippen molar-refractivity contribution >= 4 is 19.8 Å². The number of esters is 2. The van der Waals surface area contributed by atoms with Crippen LogP contribution in [0.3, 0.4) is 0 Å². The van der Waals surface area contributed by atoms with Crippen molar-refractivity contribution in [3.05, 3.63) is 12.2 Å². The molecule has 0 aromatic rings. The molecule has 0 rings (SSSR count). The van der Waals surface area contributed by atoms with Crippen LogP contribution in [0.4, 0.5) is 0 Å². The number of phosphoric acid groups is 1. The van der Waals surface area contributed by atoms with Gasteiger partial charge in [-0.1, -0.05) is 328 Å². The molecule has 0 spiro atoms. The van der Waals surface area contributed by atoms with Crippen LogP contribution < -0.4 is 5.73 Å². The zero-order chi connectivity index (χ0) is 55.2. The highest BCUT2D eigenvalue weighted by molar-refractivity contribution is 7.47. The lowest BCUT2D eigenvalue weighted by molar-refractivity contribution is -0.161. The highest BCUT2D eigenvalue weighted by Gasteiger charge is 2.26. The molecule has 10 heteroatoms. The predicted molar refractivity (Wildman–Crippen MR) is 326 cm³/mol. The topological polar surface area (TPSA) is 134 Å². The molecular formula is C66H130NO8P. The van der Waals surface area contributed by atoms with Gasteiger partial charge in [0.05, 0.1) is 13.2 Å². The van der Waals surface area contributed by atoms with E-state index in [1.807, 2.05) is 0 Å². The molecule has 0 aromatic carbocycles. The third-order valence-electron chi connectivity index (χ3n) is 15.4. The van der Waals surface area contributed by atoms with Crippen LogP contribution in [0.5, 0.6) is 0 Å². The number of carbonyl (C=O) groups excluding carboxylic acids is 2. The van der Waals surface area contributed by atoms with Crippen molar-refractivity contribution in [2.24, 2.45) is 5.73 Å². The van der Waals surface area contributed by atoms with E-state index in [-0.39, 0.29) is 38.6 Å². The van der Waals surface area contributed by atoms with Crippen molar-refractivity contribution in [2.75, 3.05) is 26.4 Å². The Labute approximate surface area is 472 Å². The molecule has 0 bridgehead atoms. The summed E-state index contributed by atoms with van der Waals surface area (Å²) in [7, 11) is -4.38. The molecule has 0 aliphatic rings. The zero-order valence-corrected chi connectivity index (χ0v) is 51.7. The van der Waals surface area contributed by atoms with Crippen LogP contribution in [0.15, 0.2) is 12.2 Å². The van der Waals surface area contributed by atoms with Crippen LogP contribution in [0.25, 0.3) is 0 Å². The van der Waals surface area contributed by atoms with Crippen LogP contribution in [0, 0.1) is 0 Å². The van der Waals surface area contributed by atoms with Crippen molar-refractivity contribution in [3.8, 4) is 0 Å². The second kappa shape index (κ2) is 62.9. The molecule has 0 saturated carbocycles. The lowest BCUT2D eigenvalue weighted by Crippen LogP contribution is -2.29. The van der Waals surface area contributed by atoms with Gasteiger partial charge in [-0.2, -0.15) is 0 Å². The largest absolute Gasteiger partial charge is 0.472 e. The summed E-state index contributed by atoms with van der Waals surface area (Å²) >= 11 is 0. The Morgan fingerprint density at radius 1 is 0.382 bits per heavy atom. The van der Waals surface area contributed by atoms with Gasteiger partial charge in [-0.05, 0) is 38.5 Å². The standard InChI is InChI=1S/C66H130NO8P/c1-3-5-7-9-11-13-15-17-19-21-23-25-26-27-28-29-30-31-32-33-34-35-36-37-38-39-41-43-45-47-49-51-53-55-57-59-66(69)75-64(63-74-76(70,71)73-61-60-67)62-72-65(68)58-56-54-52-50-48-46-44-42-40-24-22-20-18-16-14-12-10-8-6-4-2/h21,23,64H,3-20,22,24-63,67H2,1-2H3,(H,70,71)/b23-21-. The summed E-state index contributed by atoms with van der Waals surface area (Å²) in [6.45, 7) is 3.83. The molecule has 9 nitrogen and oxygen atoms in total. The molecule has 76 heavy (non-hydrogen) atoms. The van der Waals surface area contributed by atoms with Crippen molar-refractivity contribution in [3.63, 3.8) is 0 Å². The van der Waals surface area contributed by atoms with Gasteiger partial charge in [0, 0.05) is 19.4 Å². The molecule has 452 valence electrons. The summed E-state index contributed by atoms with van der Waals surface area (Å²) in [5, 5.41) is 0. The summed E-state index contributed by atoms with van der Waals surface area (Å²) in [5.41, 5.74) is 5.40. The fourth-order valence-electron chi connectivity index (χ4n) is 10.4. The van der Waals surface area contributed by atoms with Gasteiger partial charge >= 0.3 is 19.8 Å². The number of hydrogen-bond acceptors (Lipinski definition) is 8. The smallest absolute Gasteiger partial charge is 0.462 e. The minimum Gasteiger partial charge on any atom is -0.462 e. The van der Waals surface area contributed by atoms with Gasteiger partial charge in [-0.25, -0.2) is 4.57 Å². The first-order chi connectivity index (χ1) is 37.3. The van der Waals surface area contributed by atoms with E-state index >= 15 is 0 Å². The van der Waals surface area contributed by atoms with E-state index in [0.717, 1.165) is 32.1 Å². The second-order valence-corrected chi connectivity index (χ2v) is 24.5. The first kappa shape index (κ1) is 74.8. The number of unbranched alkanes of at least 4 members (excludes halogenated alkanes) is 50. The Hall–Kier alpha value is -1.25. The summed E-state index contributed by atoms with van der Waals surface area (Å²) < 4.78 is 33.1. The van der Waals surface area contributed by atoms with E-state index in [0.29, 0.717) is 6.42 Å². The average Bonchev–Trinajstić information content (AvgIpc) is 3.41. The quantitative estimate of drug-likeness (QED) is 0.0264. The third kappa shape index (κ3) is 62.0. The van der Waals surface area contributed by atoms with Crippen molar-refractivity contribution in [1.29, 1.82) is 0 Å². The van der Waals surface area contributed by atoms with Gasteiger partial charge in [0.25, 0.3) is 0 Å². The first-order valence-corrected chi connectivity index (χ1v) is 35.2. The fourth-order valence-corrected chi connectivity index (χ4v) is 11.2. The van der Waals surface area contributed by atoms with E-state index in [9.17, 15) is 19.0 Å². The van der Waals surface area contributed by atoms with Gasteiger partial charge in [0.15, 0.2) is 6.10 Å². The summed E-state index contributed by atoms with van der Waals surface area (Å²) in [6.07, 6.45) is 74.5. The van der Waals surface area contributed by atoms with E-state index in [4.69, 9.17) is 24.3 Å². The van der Waals surface area contributed by atoms with Crippen molar-refractivity contribution in [1.82, 2.24) is 0 Å². The van der Waals surface area contributed by atoms with Gasteiger partial charge in [-0.3, -0.25) is 18.6 Å². The molecule has 0 amide bonds. The molecule has 0 aliphatic carbocycles. The number of allylic oxidation sites excluding steroid dienone is 2. The van der Waals surface area contributed by atoms with Crippen molar-refractivity contribution in [2.45, 2.75) is 373 Å². The summed E-state index contributed by atoms with van der Waals surface area (Å²) in [4.78, 5) is 35.3. The lowest BCUT2D eigenvalue weighted by atomic mass is 10.0. The van der Waals surface area contributed by atoms with Crippen LogP contribution in [-0.2, 0) is 32.7 Å². The Morgan fingerprint density at radius 2 is 0.645 bits per heavy atom. The highest BCUT2D eigenvalue weighted by atomic mass is 31.2. The molecule has 0 aliphatic heterocycles. The van der Waals surface area contributed by atoms with Crippen LogP contribution in [0.1, 0.15) is 367 Å². The van der Waals surface area contributed by atoms with Crippen LogP contribution in [0.2, 0.25) is 0 Å². The third-order valence-corrected chi connectivity index (χ3v) is 16.4. The summed E-state index contributed by atoms with van der Waals surface area (Å²) in [6, 6.07) is 0. The van der Waals surface area contributed by atoms with Crippen molar-refractivity contribution < 1.29 is 37.6 Å². The minimum atomic E-state index is -4.38. The lowest BCUT2D eigenvalue weighted by Gasteiger charge is -2.19. The molecule has 2 unspecified atom stereocenters. The molecule has 0 fully saturated rings. The number of hydrogen-bond donors (Lipinski definition) is 2. The SMILES string of the molecule is CCCCCCCCCC/C=C\CCCCCCCCCCCCCCCCCCCCCCCCCC(=O)OC(COC(=O)CCCCCCCCCCCCCCCCCCCCCC)COP(=O)(O)OCCN. The second-order valence-electron chi connectivity index (χ2n) is 23.1. The Morgan fingerprint density at radius 3 is 0.934 bits per heavy atom. The number of rotatable bonds is 65. The number of ether oxygens (including phenoxy) is 2. The molecule has 0 aromatic heterocycles. The predicted octanol–water partition coefficient (Wildman–Crippen LogP) is 21.6. The number of phosphoric ester groups is 1. The minimum absolute atomic E-state index is 0.0579. The Bertz CT molecular complexity index is 1250. The molecule has 0 heterocycles. The first-order valence-electron chi connectivity index (χ1n) is 33.7. The normalized spacial score (nSPS) is 12.9. The maximum atomic E-state index is 12.7. The number of nitrogens with two attached hydrogens (primary N) is 1. The van der Waals surface area contributed by atoms with Crippen LogP contribution >= 0.6 is 7.82 Å². The Kier molecular flexibility index (Phi) is 61.9.